The molecule has 3 nitrogen and oxygen atoms in total. The van der Waals surface area contributed by atoms with Crippen molar-refractivity contribution in [3.8, 4) is 0 Å². The van der Waals surface area contributed by atoms with E-state index in [1.165, 1.54) is 0 Å². The summed E-state index contributed by atoms with van der Waals surface area (Å²) < 4.78 is 0.917. The topological polar surface area (TPSA) is 41.3 Å². The van der Waals surface area contributed by atoms with Gasteiger partial charge < -0.3 is 16.0 Å². The fourth-order valence-electron chi connectivity index (χ4n) is 2.31. The summed E-state index contributed by atoms with van der Waals surface area (Å²) in [5, 5.41) is 4.30. The number of nitrogens with one attached hydrogen (secondary N) is 1. The van der Waals surface area contributed by atoms with Crippen molar-refractivity contribution in [3.05, 3.63) is 27.7 Å². The highest BCUT2D eigenvalue weighted by Gasteiger charge is 2.32. The van der Waals surface area contributed by atoms with Crippen LogP contribution in [-0.2, 0) is 0 Å². The summed E-state index contributed by atoms with van der Waals surface area (Å²) in [5.74, 6) is 0. The number of likely N-dealkylation sites (tertiary alicyclic amines) is 1. The maximum Gasteiger partial charge on any atom is 0.0568 e. The van der Waals surface area contributed by atoms with Crippen molar-refractivity contribution >= 4 is 33.2 Å². The Morgan fingerprint density at radius 2 is 2.11 bits per heavy atom. The molecule has 18 heavy (non-hydrogen) atoms. The molecule has 0 amide bonds. The van der Waals surface area contributed by atoms with E-state index in [0.717, 1.165) is 41.1 Å². The Balaban J connectivity index is 2.12. The fraction of sp³-hybridized carbons (Fsp3) is 0.538. The molecule has 0 aliphatic carbocycles. The highest BCUT2D eigenvalue weighted by Crippen LogP contribution is 2.30. The third-order valence-corrected chi connectivity index (χ3v) is 4.90. The Labute approximate surface area is 122 Å². The number of rotatable bonds is 3. The second-order valence-electron chi connectivity index (χ2n) is 5.04. The number of anilines is 1. The maximum absolute atomic E-state index is 6.12. The van der Waals surface area contributed by atoms with Crippen LogP contribution in [-0.4, -0.2) is 37.1 Å². The van der Waals surface area contributed by atoms with Gasteiger partial charge in [0, 0.05) is 29.8 Å². The van der Waals surface area contributed by atoms with E-state index < -0.39 is 0 Å². The van der Waals surface area contributed by atoms with Crippen molar-refractivity contribution in [2.75, 3.05) is 32.0 Å². The molecule has 100 valence electrons. The SMILES string of the molecule is CN1CCC(CN)(Nc2ccc(Br)c(Cl)c2)CC1. The Bertz CT molecular complexity index is 417. The predicted molar refractivity (Wildman–Crippen MR) is 81.3 cm³/mol. The van der Waals surface area contributed by atoms with Gasteiger partial charge in [0.2, 0.25) is 0 Å². The third-order valence-electron chi connectivity index (χ3n) is 3.66. The third kappa shape index (κ3) is 3.18. The van der Waals surface area contributed by atoms with Crippen LogP contribution in [0.4, 0.5) is 5.69 Å². The maximum atomic E-state index is 6.12. The minimum Gasteiger partial charge on any atom is -0.378 e. The molecule has 1 heterocycles. The monoisotopic (exact) mass is 331 g/mol. The van der Waals surface area contributed by atoms with E-state index in [1.807, 2.05) is 18.2 Å². The van der Waals surface area contributed by atoms with Crippen LogP contribution < -0.4 is 11.1 Å². The van der Waals surface area contributed by atoms with Crippen molar-refractivity contribution in [1.29, 1.82) is 0 Å². The molecule has 0 atom stereocenters. The van der Waals surface area contributed by atoms with Gasteiger partial charge in [0.25, 0.3) is 0 Å². The molecule has 1 aromatic rings. The fourth-order valence-corrected chi connectivity index (χ4v) is 2.73. The zero-order valence-corrected chi connectivity index (χ0v) is 12.9. The van der Waals surface area contributed by atoms with Gasteiger partial charge in [-0.3, -0.25) is 0 Å². The van der Waals surface area contributed by atoms with Crippen molar-refractivity contribution < 1.29 is 0 Å². The Kier molecular flexibility index (Phi) is 4.54. The molecular formula is C13H19BrClN3. The second-order valence-corrected chi connectivity index (χ2v) is 6.30. The van der Waals surface area contributed by atoms with Gasteiger partial charge >= 0.3 is 0 Å². The molecule has 0 unspecified atom stereocenters. The molecular weight excluding hydrogens is 314 g/mol. The van der Waals surface area contributed by atoms with Crippen LogP contribution >= 0.6 is 27.5 Å². The molecule has 1 aliphatic rings. The Morgan fingerprint density at radius 1 is 1.44 bits per heavy atom. The zero-order valence-electron chi connectivity index (χ0n) is 10.5. The lowest BCUT2D eigenvalue weighted by molar-refractivity contribution is 0.209. The van der Waals surface area contributed by atoms with Gasteiger partial charge in [0.1, 0.15) is 0 Å². The molecule has 1 fully saturated rings. The van der Waals surface area contributed by atoms with Gasteiger partial charge in [-0.15, -0.1) is 0 Å². The first kappa shape index (κ1) is 14.1. The van der Waals surface area contributed by atoms with E-state index in [0.29, 0.717) is 6.54 Å². The molecule has 0 bridgehead atoms. The van der Waals surface area contributed by atoms with Crippen LogP contribution in [0.3, 0.4) is 0 Å². The highest BCUT2D eigenvalue weighted by molar-refractivity contribution is 9.10. The number of nitrogens with zero attached hydrogens (tertiary/aromatic N) is 1. The molecule has 1 saturated heterocycles. The molecule has 1 aliphatic heterocycles. The zero-order chi connectivity index (χ0) is 13.2. The molecule has 0 saturated carbocycles. The summed E-state index contributed by atoms with van der Waals surface area (Å²) in [6.45, 7) is 2.80. The molecule has 1 aromatic carbocycles. The lowest BCUT2D eigenvalue weighted by Gasteiger charge is -2.41. The van der Waals surface area contributed by atoms with Gasteiger partial charge in [0.05, 0.1) is 10.6 Å². The van der Waals surface area contributed by atoms with Gasteiger partial charge in [-0.25, -0.2) is 0 Å². The molecule has 3 N–H and O–H groups in total. The van der Waals surface area contributed by atoms with Crippen LogP contribution in [0.2, 0.25) is 5.02 Å². The van der Waals surface area contributed by atoms with E-state index in [4.69, 9.17) is 17.3 Å². The van der Waals surface area contributed by atoms with E-state index in [9.17, 15) is 0 Å². The van der Waals surface area contributed by atoms with E-state index in [2.05, 4.69) is 33.2 Å². The normalized spacial score (nSPS) is 19.8. The minimum absolute atomic E-state index is 0.00364. The highest BCUT2D eigenvalue weighted by atomic mass is 79.9. The van der Waals surface area contributed by atoms with E-state index in [-0.39, 0.29) is 5.54 Å². The first-order valence-corrected chi connectivity index (χ1v) is 7.34. The van der Waals surface area contributed by atoms with Crippen LogP contribution in [0.15, 0.2) is 22.7 Å². The number of nitrogens with two attached hydrogens (primary N) is 1. The van der Waals surface area contributed by atoms with Crippen LogP contribution in [0.5, 0.6) is 0 Å². The van der Waals surface area contributed by atoms with Crippen molar-refractivity contribution in [2.24, 2.45) is 5.73 Å². The van der Waals surface area contributed by atoms with Gasteiger partial charge in [-0.2, -0.15) is 0 Å². The Hall–Kier alpha value is -0.290. The minimum atomic E-state index is 0.00364. The first-order valence-electron chi connectivity index (χ1n) is 6.16. The number of benzene rings is 1. The summed E-state index contributed by atoms with van der Waals surface area (Å²) in [6, 6.07) is 5.94. The number of hydrogen-bond acceptors (Lipinski definition) is 3. The van der Waals surface area contributed by atoms with E-state index in [1.54, 1.807) is 0 Å². The number of halogens is 2. The van der Waals surface area contributed by atoms with Crippen molar-refractivity contribution in [1.82, 2.24) is 4.90 Å². The lowest BCUT2D eigenvalue weighted by atomic mass is 9.87. The van der Waals surface area contributed by atoms with Gasteiger partial charge in [-0.05, 0) is 54.0 Å². The van der Waals surface area contributed by atoms with Crippen LogP contribution in [0.1, 0.15) is 12.8 Å². The van der Waals surface area contributed by atoms with Gasteiger partial charge in [-0.1, -0.05) is 11.6 Å². The summed E-state index contributed by atoms with van der Waals surface area (Å²) in [4.78, 5) is 2.34. The summed E-state index contributed by atoms with van der Waals surface area (Å²) in [7, 11) is 2.15. The average Bonchev–Trinajstić information content (AvgIpc) is 2.37. The smallest absolute Gasteiger partial charge is 0.0568 e. The molecule has 0 spiro atoms. The van der Waals surface area contributed by atoms with Crippen molar-refractivity contribution in [3.63, 3.8) is 0 Å². The van der Waals surface area contributed by atoms with E-state index >= 15 is 0 Å². The van der Waals surface area contributed by atoms with Crippen LogP contribution in [0, 0.1) is 0 Å². The Morgan fingerprint density at radius 3 is 2.67 bits per heavy atom. The summed E-state index contributed by atoms with van der Waals surface area (Å²) in [5.41, 5.74) is 7.02. The molecule has 5 heteroatoms. The lowest BCUT2D eigenvalue weighted by Crippen LogP contribution is -2.52. The van der Waals surface area contributed by atoms with Crippen LogP contribution in [0.25, 0.3) is 0 Å². The number of piperidine rings is 1. The average molecular weight is 333 g/mol. The standard InChI is InChI=1S/C13H19BrClN3/c1-18-6-4-13(9-16,5-7-18)17-10-2-3-11(14)12(15)8-10/h2-3,8,17H,4-7,9,16H2,1H3. The van der Waals surface area contributed by atoms with Crippen molar-refractivity contribution in [2.45, 2.75) is 18.4 Å². The molecule has 0 radical (unpaired) electrons. The van der Waals surface area contributed by atoms with Gasteiger partial charge in [0.15, 0.2) is 0 Å². The largest absolute Gasteiger partial charge is 0.378 e. The summed E-state index contributed by atoms with van der Waals surface area (Å²) >= 11 is 9.52. The number of hydrogen-bond donors (Lipinski definition) is 2. The molecule has 2 rings (SSSR count). The quantitative estimate of drug-likeness (QED) is 0.894. The first-order chi connectivity index (χ1) is 8.54. The molecule has 0 aromatic heterocycles. The summed E-state index contributed by atoms with van der Waals surface area (Å²) in [6.07, 6.45) is 2.13. The second kappa shape index (κ2) is 5.78. The predicted octanol–water partition coefficient (Wildman–Crippen LogP) is 2.94.